The van der Waals surface area contributed by atoms with E-state index in [2.05, 4.69) is 35.6 Å². The van der Waals surface area contributed by atoms with Gasteiger partial charge in [-0.15, -0.1) is 0 Å². The van der Waals surface area contributed by atoms with Gasteiger partial charge in [-0.2, -0.15) is 0 Å². The molecule has 0 aromatic heterocycles. The molecule has 0 bridgehead atoms. The summed E-state index contributed by atoms with van der Waals surface area (Å²) in [6, 6.07) is 18.8. The monoisotopic (exact) mass is 308 g/mol. The lowest BCUT2D eigenvalue weighted by atomic mass is 10.0. The molecule has 0 radical (unpaired) electrons. The van der Waals surface area contributed by atoms with Crippen molar-refractivity contribution < 1.29 is 4.79 Å². The van der Waals surface area contributed by atoms with Gasteiger partial charge in [0.25, 0.3) is 0 Å². The molecule has 0 saturated carbocycles. The number of unbranched alkanes of at least 4 members (excludes halogenated alkanes) is 1. The normalized spacial score (nSPS) is 13.5. The van der Waals surface area contributed by atoms with Crippen LogP contribution in [0.1, 0.15) is 30.4 Å². The molecule has 2 aromatic carbocycles. The largest absolute Gasteiger partial charge is 0.338 e. The van der Waals surface area contributed by atoms with Gasteiger partial charge < -0.3 is 5.32 Å². The summed E-state index contributed by atoms with van der Waals surface area (Å²) >= 11 is 0. The van der Waals surface area contributed by atoms with Gasteiger partial charge in [0.1, 0.15) is 0 Å². The first-order chi connectivity index (χ1) is 11.3. The number of urea groups is 1. The number of aryl methyl sites for hydroxylation is 2. The van der Waals surface area contributed by atoms with Crippen LogP contribution in [0.5, 0.6) is 0 Å². The van der Waals surface area contributed by atoms with Crippen LogP contribution >= 0.6 is 0 Å². The molecule has 3 nitrogen and oxygen atoms in total. The molecule has 0 aliphatic carbocycles. The summed E-state index contributed by atoms with van der Waals surface area (Å²) in [5.74, 6) is 0. The highest BCUT2D eigenvalue weighted by Gasteiger charge is 2.21. The number of hydrogen-bond donors (Lipinski definition) is 1. The number of rotatable bonds is 5. The first-order valence-corrected chi connectivity index (χ1v) is 8.52. The Hall–Kier alpha value is -2.29. The topological polar surface area (TPSA) is 32.3 Å². The molecule has 0 atom stereocenters. The highest BCUT2D eigenvalue weighted by atomic mass is 16.2. The second-order valence-corrected chi connectivity index (χ2v) is 6.06. The molecule has 0 saturated heterocycles. The van der Waals surface area contributed by atoms with Gasteiger partial charge in [0.2, 0.25) is 0 Å². The number of carbonyl (C=O) groups excluding carboxylic acids is 1. The van der Waals surface area contributed by atoms with E-state index < -0.39 is 0 Å². The van der Waals surface area contributed by atoms with Crippen LogP contribution in [0.3, 0.4) is 0 Å². The second-order valence-electron chi connectivity index (χ2n) is 6.06. The fourth-order valence-corrected chi connectivity index (χ4v) is 3.13. The molecule has 2 amide bonds. The molecular formula is C20H24N2O. The summed E-state index contributed by atoms with van der Waals surface area (Å²) in [5, 5.41) is 3.07. The molecule has 1 heterocycles. The average molecular weight is 308 g/mol. The minimum atomic E-state index is 0.0388. The molecule has 3 rings (SSSR count). The number of fused-ring (bicyclic) bond motifs is 1. The van der Waals surface area contributed by atoms with E-state index in [1.807, 2.05) is 29.2 Å². The second kappa shape index (κ2) is 7.82. The molecule has 120 valence electrons. The van der Waals surface area contributed by atoms with E-state index >= 15 is 0 Å². The van der Waals surface area contributed by atoms with Crippen LogP contribution in [0.15, 0.2) is 54.6 Å². The average Bonchev–Trinajstić information content (AvgIpc) is 2.61. The summed E-state index contributed by atoms with van der Waals surface area (Å²) in [6.45, 7) is 1.55. The molecule has 1 aliphatic rings. The lowest BCUT2D eigenvalue weighted by Crippen LogP contribution is -2.43. The van der Waals surface area contributed by atoms with Crippen molar-refractivity contribution in [3.63, 3.8) is 0 Å². The van der Waals surface area contributed by atoms with Crippen molar-refractivity contribution >= 4 is 11.7 Å². The number of carbonyl (C=O) groups is 1. The SMILES string of the molecule is O=C(NCCCCc1ccccc1)N1CCCc2ccccc21. The number of para-hydroxylation sites is 1. The third-order valence-electron chi connectivity index (χ3n) is 4.37. The van der Waals surface area contributed by atoms with Gasteiger partial charge >= 0.3 is 6.03 Å². The van der Waals surface area contributed by atoms with Crippen LogP contribution in [0, 0.1) is 0 Å². The van der Waals surface area contributed by atoms with Gasteiger partial charge in [0.05, 0.1) is 0 Å². The summed E-state index contributed by atoms with van der Waals surface area (Å²) in [4.78, 5) is 14.3. The summed E-state index contributed by atoms with van der Waals surface area (Å²) in [5.41, 5.74) is 3.71. The molecule has 0 fully saturated rings. The molecule has 2 aromatic rings. The number of nitrogens with zero attached hydrogens (tertiary/aromatic N) is 1. The Bertz CT molecular complexity index is 639. The van der Waals surface area contributed by atoms with Gasteiger partial charge in [-0.3, -0.25) is 4.90 Å². The van der Waals surface area contributed by atoms with Gasteiger partial charge in [0, 0.05) is 18.8 Å². The minimum absolute atomic E-state index is 0.0388. The number of amides is 2. The summed E-state index contributed by atoms with van der Waals surface area (Å²) < 4.78 is 0. The molecule has 23 heavy (non-hydrogen) atoms. The highest BCUT2D eigenvalue weighted by Crippen LogP contribution is 2.26. The highest BCUT2D eigenvalue weighted by molar-refractivity contribution is 5.93. The maximum atomic E-state index is 12.4. The van der Waals surface area contributed by atoms with E-state index in [-0.39, 0.29) is 6.03 Å². The van der Waals surface area contributed by atoms with Crippen LogP contribution in [0.2, 0.25) is 0 Å². The zero-order chi connectivity index (χ0) is 15.9. The van der Waals surface area contributed by atoms with Gasteiger partial charge in [-0.1, -0.05) is 48.5 Å². The zero-order valence-electron chi connectivity index (χ0n) is 13.5. The van der Waals surface area contributed by atoms with Gasteiger partial charge in [-0.25, -0.2) is 4.79 Å². The molecule has 0 spiro atoms. The fraction of sp³-hybridized carbons (Fsp3) is 0.350. The minimum Gasteiger partial charge on any atom is -0.338 e. The smallest absolute Gasteiger partial charge is 0.321 e. The van der Waals surface area contributed by atoms with E-state index in [1.54, 1.807) is 0 Å². The Morgan fingerprint density at radius 3 is 2.65 bits per heavy atom. The Kier molecular flexibility index (Phi) is 5.30. The van der Waals surface area contributed by atoms with E-state index in [0.29, 0.717) is 0 Å². The predicted octanol–water partition coefficient (Wildman–Crippen LogP) is 4.17. The number of nitrogens with one attached hydrogen (secondary N) is 1. The standard InChI is InChI=1S/C20H24N2O/c23-20(21-15-7-6-11-17-9-2-1-3-10-17)22-16-8-13-18-12-4-5-14-19(18)22/h1-5,9-10,12,14H,6-8,11,13,15-16H2,(H,21,23). The van der Waals surface area contributed by atoms with Crippen molar-refractivity contribution in [2.45, 2.75) is 32.1 Å². The number of anilines is 1. The fourth-order valence-electron chi connectivity index (χ4n) is 3.13. The lowest BCUT2D eigenvalue weighted by Gasteiger charge is -2.29. The van der Waals surface area contributed by atoms with E-state index in [0.717, 1.165) is 50.9 Å². The zero-order valence-corrected chi connectivity index (χ0v) is 13.5. The summed E-state index contributed by atoms with van der Waals surface area (Å²) in [7, 11) is 0. The first kappa shape index (κ1) is 15.6. The maximum Gasteiger partial charge on any atom is 0.321 e. The van der Waals surface area contributed by atoms with Crippen LogP contribution in [0.25, 0.3) is 0 Å². The number of hydrogen-bond acceptors (Lipinski definition) is 1. The van der Waals surface area contributed by atoms with Crippen molar-refractivity contribution in [2.75, 3.05) is 18.0 Å². The Morgan fingerprint density at radius 2 is 1.78 bits per heavy atom. The Labute approximate surface area is 138 Å². The third kappa shape index (κ3) is 4.13. The van der Waals surface area contributed by atoms with Crippen LogP contribution < -0.4 is 10.2 Å². The van der Waals surface area contributed by atoms with Crippen molar-refractivity contribution in [1.29, 1.82) is 0 Å². The van der Waals surface area contributed by atoms with Gasteiger partial charge in [0.15, 0.2) is 0 Å². The van der Waals surface area contributed by atoms with E-state index in [9.17, 15) is 4.79 Å². The van der Waals surface area contributed by atoms with Crippen molar-refractivity contribution in [3.8, 4) is 0 Å². The quantitative estimate of drug-likeness (QED) is 0.826. The van der Waals surface area contributed by atoms with Crippen molar-refractivity contribution in [3.05, 3.63) is 65.7 Å². The molecular weight excluding hydrogens is 284 g/mol. The molecule has 0 unspecified atom stereocenters. The molecule has 1 N–H and O–H groups in total. The third-order valence-corrected chi connectivity index (χ3v) is 4.37. The summed E-state index contributed by atoms with van der Waals surface area (Å²) in [6.07, 6.45) is 5.29. The van der Waals surface area contributed by atoms with Crippen LogP contribution in [0.4, 0.5) is 10.5 Å². The lowest BCUT2D eigenvalue weighted by molar-refractivity contribution is 0.245. The van der Waals surface area contributed by atoms with Crippen LogP contribution in [-0.2, 0) is 12.8 Å². The van der Waals surface area contributed by atoms with Crippen molar-refractivity contribution in [2.24, 2.45) is 0 Å². The predicted molar refractivity (Wildman–Crippen MR) is 94.9 cm³/mol. The van der Waals surface area contributed by atoms with E-state index in [4.69, 9.17) is 0 Å². The molecule has 3 heteroatoms. The maximum absolute atomic E-state index is 12.4. The molecule has 1 aliphatic heterocycles. The van der Waals surface area contributed by atoms with Gasteiger partial charge in [-0.05, 0) is 49.3 Å². The first-order valence-electron chi connectivity index (χ1n) is 8.52. The Balaban J connectivity index is 1.43. The van der Waals surface area contributed by atoms with Crippen LogP contribution in [-0.4, -0.2) is 19.1 Å². The Morgan fingerprint density at radius 1 is 1.00 bits per heavy atom. The van der Waals surface area contributed by atoms with Crippen molar-refractivity contribution in [1.82, 2.24) is 5.32 Å². The van der Waals surface area contributed by atoms with E-state index in [1.165, 1.54) is 11.1 Å². The number of benzene rings is 2.